The number of ketones is 1. The molecule has 2 rings (SSSR count). The molecule has 0 fully saturated rings. The van der Waals surface area contributed by atoms with Crippen molar-refractivity contribution in [1.82, 2.24) is 0 Å². The summed E-state index contributed by atoms with van der Waals surface area (Å²) in [5.41, 5.74) is 0.704. The van der Waals surface area contributed by atoms with Gasteiger partial charge >= 0.3 is 0 Å². The zero-order valence-electron chi connectivity index (χ0n) is 11.1. The summed E-state index contributed by atoms with van der Waals surface area (Å²) in [5.74, 6) is 0.867. The van der Waals surface area contributed by atoms with Crippen LogP contribution in [0.25, 0.3) is 0 Å². The Morgan fingerprint density at radius 2 is 2.05 bits per heavy atom. The predicted molar refractivity (Wildman–Crippen MR) is 79.2 cm³/mol. The van der Waals surface area contributed by atoms with Gasteiger partial charge < -0.3 is 4.74 Å². The highest BCUT2D eigenvalue weighted by atomic mass is 32.1. The van der Waals surface area contributed by atoms with Crippen molar-refractivity contribution >= 4 is 17.1 Å². The van der Waals surface area contributed by atoms with Crippen molar-refractivity contribution in [2.24, 2.45) is 0 Å². The highest BCUT2D eigenvalue weighted by Gasteiger charge is 2.11. The minimum atomic E-state index is 0.167. The van der Waals surface area contributed by atoms with E-state index in [9.17, 15) is 4.79 Å². The van der Waals surface area contributed by atoms with Gasteiger partial charge in [0.2, 0.25) is 0 Å². The first kappa shape index (κ1) is 13.8. The predicted octanol–water partition coefficient (Wildman–Crippen LogP) is 4.35. The Bertz CT molecular complexity index is 517. The Morgan fingerprint density at radius 3 is 2.79 bits per heavy atom. The van der Waals surface area contributed by atoms with E-state index in [1.807, 2.05) is 37.3 Å². The lowest BCUT2D eigenvalue weighted by atomic mass is 10.0. The normalized spacial score (nSPS) is 10.4. The number of benzene rings is 1. The standard InChI is InChI=1S/C16H18O2S/c1-2-18-16-11-4-3-9-14(16)15(17)10-5-7-13-8-6-12-19-13/h3-4,6,8-9,11-12H,2,5,7,10H2,1H3. The van der Waals surface area contributed by atoms with Crippen LogP contribution in [0.15, 0.2) is 41.8 Å². The van der Waals surface area contributed by atoms with Crippen LogP contribution in [0.2, 0.25) is 0 Å². The van der Waals surface area contributed by atoms with Crippen LogP contribution in [0, 0.1) is 0 Å². The Kier molecular flexibility index (Phi) is 5.16. The maximum Gasteiger partial charge on any atom is 0.166 e. The number of carbonyl (C=O) groups is 1. The highest BCUT2D eigenvalue weighted by molar-refractivity contribution is 7.09. The average Bonchev–Trinajstić information content (AvgIpc) is 2.93. The van der Waals surface area contributed by atoms with Crippen LogP contribution < -0.4 is 4.74 Å². The topological polar surface area (TPSA) is 26.3 Å². The summed E-state index contributed by atoms with van der Waals surface area (Å²) in [7, 11) is 0. The van der Waals surface area contributed by atoms with E-state index in [2.05, 4.69) is 11.4 Å². The lowest BCUT2D eigenvalue weighted by Gasteiger charge is -2.08. The van der Waals surface area contributed by atoms with Gasteiger partial charge in [-0.15, -0.1) is 11.3 Å². The molecule has 1 heterocycles. The fraction of sp³-hybridized carbons (Fsp3) is 0.312. The summed E-state index contributed by atoms with van der Waals surface area (Å²) >= 11 is 1.75. The van der Waals surface area contributed by atoms with Crippen molar-refractivity contribution in [3.8, 4) is 5.75 Å². The van der Waals surface area contributed by atoms with Crippen molar-refractivity contribution in [3.63, 3.8) is 0 Å². The lowest BCUT2D eigenvalue weighted by molar-refractivity contribution is 0.0976. The van der Waals surface area contributed by atoms with Crippen LogP contribution in [-0.2, 0) is 6.42 Å². The molecule has 0 atom stereocenters. The van der Waals surface area contributed by atoms with Crippen LogP contribution in [0.5, 0.6) is 5.75 Å². The summed E-state index contributed by atoms with van der Waals surface area (Å²) in [6.07, 6.45) is 2.43. The molecule has 0 bridgehead atoms. The first-order valence-corrected chi connectivity index (χ1v) is 7.46. The molecule has 100 valence electrons. The minimum Gasteiger partial charge on any atom is -0.493 e. The third kappa shape index (κ3) is 3.93. The minimum absolute atomic E-state index is 0.167. The van der Waals surface area contributed by atoms with Gasteiger partial charge in [0.15, 0.2) is 5.78 Å². The molecule has 0 aliphatic heterocycles. The third-order valence-electron chi connectivity index (χ3n) is 2.89. The molecule has 3 heteroatoms. The second-order valence-electron chi connectivity index (χ2n) is 4.29. The van der Waals surface area contributed by atoms with Crippen molar-refractivity contribution < 1.29 is 9.53 Å². The van der Waals surface area contributed by atoms with Gasteiger partial charge in [-0.2, -0.15) is 0 Å². The number of para-hydroxylation sites is 1. The highest BCUT2D eigenvalue weighted by Crippen LogP contribution is 2.21. The molecule has 19 heavy (non-hydrogen) atoms. The smallest absolute Gasteiger partial charge is 0.166 e. The molecule has 0 amide bonds. The molecule has 0 saturated carbocycles. The van der Waals surface area contributed by atoms with Gasteiger partial charge in [-0.05, 0) is 43.3 Å². The molecule has 2 aromatic rings. The van der Waals surface area contributed by atoms with E-state index in [0.717, 1.165) is 12.8 Å². The quantitative estimate of drug-likeness (QED) is 0.701. The Labute approximate surface area is 118 Å². The first-order valence-electron chi connectivity index (χ1n) is 6.58. The summed E-state index contributed by atoms with van der Waals surface area (Å²) in [5, 5.41) is 2.07. The van der Waals surface area contributed by atoms with E-state index in [1.54, 1.807) is 11.3 Å². The van der Waals surface area contributed by atoms with Crippen molar-refractivity contribution in [2.75, 3.05) is 6.61 Å². The van der Waals surface area contributed by atoms with Crippen LogP contribution in [0.3, 0.4) is 0 Å². The maximum atomic E-state index is 12.2. The number of ether oxygens (including phenoxy) is 1. The molecular weight excluding hydrogens is 256 g/mol. The van der Waals surface area contributed by atoms with Gasteiger partial charge in [0, 0.05) is 11.3 Å². The maximum absolute atomic E-state index is 12.2. The van der Waals surface area contributed by atoms with E-state index in [0.29, 0.717) is 24.3 Å². The van der Waals surface area contributed by atoms with Crippen molar-refractivity contribution in [2.45, 2.75) is 26.2 Å². The van der Waals surface area contributed by atoms with Gasteiger partial charge in [-0.1, -0.05) is 18.2 Å². The van der Waals surface area contributed by atoms with Crippen molar-refractivity contribution in [3.05, 3.63) is 52.2 Å². The molecule has 0 unspecified atom stereocenters. The monoisotopic (exact) mass is 274 g/mol. The number of hydrogen-bond acceptors (Lipinski definition) is 3. The SMILES string of the molecule is CCOc1ccccc1C(=O)CCCc1cccs1. The Balaban J connectivity index is 1.92. The van der Waals surface area contributed by atoms with Crippen LogP contribution in [-0.4, -0.2) is 12.4 Å². The van der Waals surface area contributed by atoms with Gasteiger partial charge in [-0.25, -0.2) is 0 Å². The number of aryl methyl sites for hydroxylation is 1. The summed E-state index contributed by atoms with van der Waals surface area (Å²) in [4.78, 5) is 13.5. The number of carbonyl (C=O) groups excluding carboxylic acids is 1. The first-order chi connectivity index (χ1) is 9.31. The van der Waals surface area contributed by atoms with Gasteiger partial charge in [0.05, 0.1) is 12.2 Å². The van der Waals surface area contributed by atoms with Gasteiger partial charge in [0.25, 0.3) is 0 Å². The fourth-order valence-electron chi connectivity index (χ4n) is 1.99. The van der Waals surface area contributed by atoms with E-state index < -0.39 is 0 Å². The zero-order valence-corrected chi connectivity index (χ0v) is 11.9. The van der Waals surface area contributed by atoms with Crippen LogP contribution >= 0.6 is 11.3 Å². The molecule has 1 aromatic heterocycles. The van der Waals surface area contributed by atoms with E-state index >= 15 is 0 Å². The molecule has 0 aliphatic carbocycles. The fourth-order valence-corrected chi connectivity index (χ4v) is 2.74. The molecule has 1 aromatic carbocycles. The van der Waals surface area contributed by atoms with E-state index in [4.69, 9.17) is 4.74 Å². The summed E-state index contributed by atoms with van der Waals surface area (Å²) < 4.78 is 5.49. The molecular formula is C16H18O2S. The molecule has 0 radical (unpaired) electrons. The molecule has 0 aliphatic rings. The van der Waals surface area contributed by atoms with E-state index in [1.165, 1.54) is 4.88 Å². The Hall–Kier alpha value is -1.61. The molecule has 0 N–H and O–H groups in total. The number of Topliss-reactive ketones (excluding diaryl/α,β-unsaturated/α-hetero) is 1. The van der Waals surface area contributed by atoms with Gasteiger partial charge in [0.1, 0.15) is 5.75 Å². The average molecular weight is 274 g/mol. The second-order valence-corrected chi connectivity index (χ2v) is 5.32. The van der Waals surface area contributed by atoms with Crippen molar-refractivity contribution in [1.29, 1.82) is 0 Å². The molecule has 0 saturated heterocycles. The largest absolute Gasteiger partial charge is 0.493 e. The number of thiophene rings is 1. The lowest BCUT2D eigenvalue weighted by Crippen LogP contribution is -2.04. The summed E-state index contributed by atoms with van der Waals surface area (Å²) in [6.45, 7) is 2.51. The summed E-state index contributed by atoms with van der Waals surface area (Å²) in [6, 6.07) is 11.6. The van der Waals surface area contributed by atoms with Crippen LogP contribution in [0.4, 0.5) is 0 Å². The second kappa shape index (κ2) is 7.10. The number of rotatable bonds is 7. The molecule has 2 nitrogen and oxygen atoms in total. The number of hydrogen-bond donors (Lipinski definition) is 0. The van der Waals surface area contributed by atoms with Crippen LogP contribution in [0.1, 0.15) is 35.0 Å². The Morgan fingerprint density at radius 1 is 1.21 bits per heavy atom. The third-order valence-corrected chi connectivity index (χ3v) is 3.83. The van der Waals surface area contributed by atoms with E-state index in [-0.39, 0.29) is 5.78 Å². The molecule has 0 spiro atoms. The van der Waals surface area contributed by atoms with Gasteiger partial charge in [-0.3, -0.25) is 4.79 Å². The zero-order chi connectivity index (χ0) is 13.5.